The molecule has 102 valence electrons. The minimum absolute atomic E-state index is 0.613. The molecule has 0 saturated carbocycles. The molecule has 1 unspecified atom stereocenters. The summed E-state index contributed by atoms with van der Waals surface area (Å²) >= 11 is 0. The van der Waals surface area contributed by atoms with Crippen LogP contribution in [0.5, 0.6) is 11.5 Å². The predicted molar refractivity (Wildman–Crippen MR) is 75.7 cm³/mol. The molecule has 0 aliphatic carbocycles. The standard InChI is InChI=1S/C14H24N2O2/c1-5-11(9-15-2)10-16-13-7-6-12(17-3)8-14(13)18-4/h6-8,11,15-16H,5,9-10H2,1-4H3. The van der Waals surface area contributed by atoms with Gasteiger partial charge in [-0.3, -0.25) is 0 Å². The van der Waals surface area contributed by atoms with Gasteiger partial charge < -0.3 is 20.1 Å². The summed E-state index contributed by atoms with van der Waals surface area (Å²) in [7, 11) is 5.31. The lowest BCUT2D eigenvalue weighted by Crippen LogP contribution is -2.24. The first-order valence-electron chi connectivity index (χ1n) is 6.35. The van der Waals surface area contributed by atoms with Crippen LogP contribution >= 0.6 is 0 Å². The monoisotopic (exact) mass is 252 g/mol. The van der Waals surface area contributed by atoms with E-state index in [0.29, 0.717) is 5.92 Å². The van der Waals surface area contributed by atoms with Crippen molar-refractivity contribution in [2.45, 2.75) is 13.3 Å². The van der Waals surface area contributed by atoms with Crippen molar-refractivity contribution in [2.24, 2.45) is 5.92 Å². The number of nitrogens with one attached hydrogen (secondary N) is 2. The lowest BCUT2D eigenvalue weighted by atomic mass is 10.1. The number of hydrogen-bond acceptors (Lipinski definition) is 4. The van der Waals surface area contributed by atoms with E-state index in [4.69, 9.17) is 9.47 Å². The van der Waals surface area contributed by atoms with Gasteiger partial charge in [-0.1, -0.05) is 13.3 Å². The van der Waals surface area contributed by atoms with Crippen LogP contribution < -0.4 is 20.1 Å². The average Bonchev–Trinajstić information content (AvgIpc) is 2.43. The van der Waals surface area contributed by atoms with E-state index in [-0.39, 0.29) is 0 Å². The van der Waals surface area contributed by atoms with Crippen LogP contribution in [0.3, 0.4) is 0 Å². The first-order chi connectivity index (χ1) is 8.74. The topological polar surface area (TPSA) is 42.5 Å². The zero-order valence-electron chi connectivity index (χ0n) is 11.7. The highest BCUT2D eigenvalue weighted by Crippen LogP contribution is 2.29. The molecule has 0 spiro atoms. The Morgan fingerprint density at radius 3 is 2.50 bits per heavy atom. The van der Waals surface area contributed by atoms with Crippen molar-refractivity contribution in [3.63, 3.8) is 0 Å². The normalized spacial score (nSPS) is 12.0. The molecule has 0 heterocycles. The van der Waals surface area contributed by atoms with E-state index in [9.17, 15) is 0 Å². The van der Waals surface area contributed by atoms with E-state index >= 15 is 0 Å². The quantitative estimate of drug-likeness (QED) is 0.745. The highest BCUT2D eigenvalue weighted by atomic mass is 16.5. The molecule has 4 heteroatoms. The number of anilines is 1. The van der Waals surface area contributed by atoms with Gasteiger partial charge in [-0.25, -0.2) is 0 Å². The Labute approximate surface area is 110 Å². The Bertz CT molecular complexity index is 356. The molecule has 0 amide bonds. The van der Waals surface area contributed by atoms with Crippen LogP contribution in [0.25, 0.3) is 0 Å². The molecule has 2 N–H and O–H groups in total. The summed E-state index contributed by atoms with van der Waals surface area (Å²) in [6, 6.07) is 5.81. The molecule has 0 radical (unpaired) electrons. The van der Waals surface area contributed by atoms with Crippen LogP contribution in [0, 0.1) is 5.92 Å². The Balaban J connectivity index is 2.65. The molecule has 0 aliphatic rings. The van der Waals surface area contributed by atoms with E-state index in [1.165, 1.54) is 0 Å². The number of ether oxygens (including phenoxy) is 2. The van der Waals surface area contributed by atoms with Crippen molar-refractivity contribution in [2.75, 3.05) is 39.7 Å². The maximum atomic E-state index is 5.36. The highest BCUT2D eigenvalue weighted by Gasteiger charge is 2.08. The maximum absolute atomic E-state index is 5.36. The zero-order valence-corrected chi connectivity index (χ0v) is 11.7. The Morgan fingerprint density at radius 1 is 1.17 bits per heavy atom. The van der Waals surface area contributed by atoms with Crippen LogP contribution in [0.2, 0.25) is 0 Å². The second-order valence-electron chi connectivity index (χ2n) is 4.28. The van der Waals surface area contributed by atoms with E-state index in [0.717, 1.165) is 36.7 Å². The van der Waals surface area contributed by atoms with Gasteiger partial charge in [0.25, 0.3) is 0 Å². The summed E-state index contributed by atoms with van der Waals surface area (Å²) in [5.74, 6) is 2.23. The van der Waals surface area contributed by atoms with Crippen molar-refractivity contribution >= 4 is 5.69 Å². The van der Waals surface area contributed by atoms with Crippen LogP contribution in [0.15, 0.2) is 18.2 Å². The van der Waals surface area contributed by atoms with Crippen molar-refractivity contribution < 1.29 is 9.47 Å². The average molecular weight is 252 g/mol. The van der Waals surface area contributed by atoms with Crippen LogP contribution in [0.4, 0.5) is 5.69 Å². The third-order valence-corrected chi connectivity index (χ3v) is 3.06. The molecule has 0 aromatic heterocycles. The number of benzene rings is 1. The predicted octanol–water partition coefficient (Wildman–Crippen LogP) is 2.36. The molecule has 1 atom stereocenters. The summed E-state index contributed by atoms with van der Waals surface area (Å²) in [6.45, 7) is 4.15. The third kappa shape index (κ3) is 4.11. The molecule has 0 fully saturated rings. The van der Waals surface area contributed by atoms with E-state index < -0.39 is 0 Å². The maximum Gasteiger partial charge on any atom is 0.145 e. The van der Waals surface area contributed by atoms with E-state index in [2.05, 4.69) is 17.6 Å². The molecule has 1 aromatic rings. The van der Waals surface area contributed by atoms with Gasteiger partial charge in [-0.2, -0.15) is 0 Å². The molecule has 0 saturated heterocycles. The van der Waals surface area contributed by atoms with Gasteiger partial charge >= 0.3 is 0 Å². The van der Waals surface area contributed by atoms with Crippen molar-refractivity contribution in [3.8, 4) is 11.5 Å². The fraction of sp³-hybridized carbons (Fsp3) is 0.571. The van der Waals surface area contributed by atoms with Gasteiger partial charge in [0.05, 0.1) is 19.9 Å². The fourth-order valence-corrected chi connectivity index (χ4v) is 1.85. The largest absolute Gasteiger partial charge is 0.497 e. The minimum Gasteiger partial charge on any atom is -0.497 e. The molecular weight excluding hydrogens is 228 g/mol. The zero-order chi connectivity index (χ0) is 13.4. The molecule has 0 aliphatic heterocycles. The van der Waals surface area contributed by atoms with E-state index in [1.807, 2.05) is 25.2 Å². The lowest BCUT2D eigenvalue weighted by molar-refractivity contribution is 0.395. The summed E-state index contributed by atoms with van der Waals surface area (Å²) in [6.07, 6.45) is 1.15. The van der Waals surface area contributed by atoms with Crippen molar-refractivity contribution in [3.05, 3.63) is 18.2 Å². The summed E-state index contributed by atoms with van der Waals surface area (Å²) in [5, 5.41) is 6.64. The van der Waals surface area contributed by atoms with Crippen LogP contribution in [-0.2, 0) is 0 Å². The molecule has 4 nitrogen and oxygen atoms in total. The molecular formula is C14H24N2O2. The smallest absolute Gasteiger partial charge is 0.145 e. The van der Waals surface area contributed by atoms with Gasteiger partial charge in [0.1, 0.15) is 11.5 Å². The molecule has 0 bridgehead atoms. The molecule has 1 rings (SSSR count). The molecule has 1 aromatic carbocycles. The summed E-state index contributed by atoms with van der Waals surface area (Å²) < 4.78 is 10.5. The third-order valence-electron chi connectivity index (χ3n) is 3.06. The van der Waals surface area contributed by atoms with E-state index in [1.54, 1.807) is 14.2 Å². The Morgan fingerprint density at radius 2 is 1.94 bits per heavy atom. The van der Waals surface area contributed by atoms with Gasteiger partial charge in [-0.15, -0.1) is 0 Å². The minimum atomic E-state index is 0.613. The number of rotatable bonds is 8. The van der Waals surface area contributed by atoms with Crippen molar-refractivity contribution in [1.29, 1.82) is 0 Å². The van der Waals surface area contributed by atoms with Crippen LogP contribution in [0.1, 0.15) is 13.3 Å². The van der Waals surface area contributed by atoms with Gasteiger partial charge in [0, 0.05) is 12.6 Å². The SMILES string of the molecule is CCC(CNC)CNc1ccc(OC)cc1OC. The second kappa shape index (κ2) is 7.82. The Hall–Kier alpha value is -1.42. The Kier molecular flexibility index (Phi) is 6.36. The lowest BCUT2D eigenvalue weighted by Gasteiger charge is -2.18. The number of hydrogen-bond donors (Lipinski definition) is 2. The molecule has 18 heavy (non-hydrogen) atoms. The van der Waals surface area contributed by atoms with Gasteiger partial charge in [0.2, 0.25) is 0 Å². The fourth-order valence-electron chi connectivity index (χ4n) is 1.85. The van der Waals surface area contributed by atoms with Gasteiger partial charge in [-0.05, 0) is 31.6 Å². The summed E-state index contributed by atoms with van der Waals surface area (Å²) in [4.78, 5) is 0. The highest BCUT2D eigenvalue weighted by molar-refractivity contribution is 5.59. The van der Waals surface area contributed by atoms with Crippen LogP contribution in [-0.4, -0.2) is 34.4 Å². The van der Waals surface area contributed by atoms with Gasteiger partial charge in [0.15, 0.2) is 0 Å². The summed E-state index contributed by atoms with van der Waals surface area (Å²) in [5.41, 5.74) is 1.01. The number of methoxy groups -OCH3 is 2. The second-order valence-corrected chi connectivity index (χ2v) is 4.28. The van der Waals surface area contributed by atoms with Crippen molar-refractivity contribution in [1.82, 2.24) is 5.32 Å². The first-order valence-corrected chi connectivity index (χ1v) is 6.35. The first kappa shape index (κ1) is 14.6.